The van der Waals surface area contributed by atoms with Crippen LogP contribution >= 0.6 is 0 Å². The maximum absolute atomic E-state index is 2.35. The molecule has 172 valence electrons. The summed E-state index contributed by atoms with van der Waals surface area (Å²) in [5.41, 5.74) is 8.41. The molecule has 36 heavy (non-hydrogen) atoms. The van der Waals surface area contributed by atoms with E-state index in [2.05, 4.69) is 157 Å². The number of anilines is 3. The Morgan fingerprint density at radius 2 is 0.917 bits per heavy atom. The minimum Gasteiger partial charge on any atom is -0.309 e. The van der Waals surface area contributed by atoms with Gasteiger partial charge >= 0.3 is 0 Å². The van der Waals surface area contributed by atoms with Crippen LogP contribution in [0.15, 0.2) is 127 Å². The van der Waals surface area contributed by atoms with Gasteiger partial charge in [-0.2, -0.15) is 0 Å². The van der Waals surface area contributed by atoms with Crippen molar-refractivity contribution in [2.75, 3.05) is 4.90 Å². The Morgan fingerprint density at radius 1 is 0.444 bits per heavy atom. The zero-order valence-corrected chi connectivity index (χ0v) is 21.5. The fourth-order valence-electron chi connectivity index (χ4n) is 4.76. The number of rotatable bonds is 5. The summed E-state index contributed by atoms with van der Waals surface area (Å²) in [6.07, 6.45) is 8.81. The quantitative estimate of drug-likeness (QED) is 0.192. The molecule has 0 aliphatic carbocycles. The Bertz CT molecular complexity index is 1480. The van der Waals surface area contributed by atoms with Crippen LogP contribution in [0.4, 0.5) is 17.1 Å². The molecule has 6 rings (SSSR count). The number of hydrogen-bond acceptors (Lipinski definition) is 1. The number of nitrogens with zero attached hydrogens (tertiary/aromatic N) is 1. The number of benzene rings is 5. The first-order chi connectivity index (χ1) is 17.8. The topological polar surface area (TPSA) is 3.24 Å². The van der Waals surface area contributed by atoms with Crippen molar-refractivity contribution >= 4 is 61.3 Å². The van der Waals surface area contributed by atoms with Crippen molar-refractivity contribution < 1.29 is 0 Å². The van der Waals surface area contributed by atoms with Crippen LogP contribution in [-0.2, 0) is 0 Å². The minimum atomic E-state index is -0.407. The molecule has 5 aromatic carbocycles. The Balaban J connectivity index is 1.23. The Labute approximate surface area is 215 Å². The summed E-state index contributed by atoms with van der Waals surface area (Å²) in [6.45, 7) is 0. The first-order valence-corrected chi connectivity index (χ1v) is 13.8. The second kappa shape index (κ2) is 10.1. The van der Waals surface area contributed by atoms with Crippen LogP contribution in [0.5, 0.6) is 0 Å². The number of fused-ring (bicyclic) bond motifs is 2. The molecule has 0 atom stereocenters. The molecule has 5 aromatic rings. The zero-order chi connectivity index (χ0) is 24.2. The van der Waals surface area contributed by atoms with E-state index in [4.69, 9.17) is 0 Å². The lowest BCUT2D eigenvalue weighted by Gasteiger charge is -2.27. The SMILES string of the molecule is C(=Cc1ccc(N2c3ccccc3C=Cc3ccccc32)cc1)c1ccc([SiH2]c2ccccc2)cc1. The molecule has 0 aromatic heterocycles. The van der Waals surface area contributed by atoms with Crippen LogP contribution < -0.4 is 15.3 Å². The lowest BCUT2D eigenvalue weighted by atomic mass is 10.1. The maximum Gasteiger partial charge on any atom is 0.0875 e. The first kappa shape index (κ1) is 22.1. The van der Waals surface area contributed by atoms with Gasteiger partial charge in [-0.25, -0.2) is 0 Å². The van der Waals surface area contributed by atoms with Crippen LogP contribution in [0.2, 0.25) is 0 Å². The molecular formula is C34H27NSi. The first-order valence-electron chi connectivity index (χ1n) is 12.4. The number of para-hydroxylation sites is 2. The van der Waals surface area contributed by atoms with Crippen molar-refractivity contribution in [3.8, 4) is 0 Å². The highest BCUT2D eigenvalue weighted by Crippen LogP contribution is 2.41. The molecule has 0 N–H and O–H groups in total. The molecule has 0 radical (unpaired) electrons. The predicted octanol–water partition coefficient (Wildman–Crippen LogP) is 6.93. The molecule has 0 saturated heterocycles. The summed E-state index contributed by atoms with van der Waals surface area (Å²) in [5, 5.41) is 2.95. The fourth-order valence-corrected chi connectivity index (χ4v) is 6.21. The third-order valence-corrected chi connectivity index (χ3v) is 8.41. The van der Waals surface area contributed by atoms with E-state index in [1.54, 1.807) is 0 Å². The van der Waals surface area contributed by atoms with E-state index in [9.17, 15) is 0 Å². The van der Waals surface area contributed by atoms with E-state index in [1.165, 1.54) is 44.0 Å². The number of hydrogen-bond donors (Lipinski definition) is 0. The molecule has 1 nitrogen and oxygen atoms in total. The van der Waals surface area contributed by atoms with Gasteiger partial charge in [0.25, 0.3) is 0 Å². The van der Waals surface area contributed by atoms with E-state index < -0.39 is 9.52 Å². The van der Waals surface area contributed by atoms with Gasteiger partial charge in [0.15, 0.2) is 0 Å². The van der Waals surface area contributed by atoms with Crippen molar-refractivity contribution in [1.29, 1.82) is 0 Å². The molecule has 1 aliphatic rings. The Kier molecular flexibility index (Phi) is 6.18. The van der Waals surface area contributed by atoms with Gasteiger partial charge in [0.05, 0.1) is 20.9 Å². The summed E-state index contributed by atoms with van der Waals surface area (Å²) in [6, 6.07) is 45.8. The normalized spacial score (nSPS) is 12.6. The molecule has 0 saturated carbocycles. The maximum atomic E-state index is 2.35. The highest BCUT2D eigenvalue weighted by molar-refractivity contribution is 6.67. The van der Waals surface area contributed by atoms with E-state index in [1.807, 2.05) is 0 Å². The lowest BCUT2D eigenvalue weighted by molar-refractivity contribution is 1.28. The van der Waals surface area contributed by atoms with Crippen molar-refractivity contribution in [3.63, 3.8) is 0 Å². The van der Waals surface area contributed by atoms with Gasteiger partial charge in [-0.3, -0.25) is 0 Å². The molecule has 0 spiro atoms. The second-order valence-electron chi connectivity index (χ2n) is 9.12. The monoisotopic (exact) mass is 477 g/mol. The van der Waals surface area contributed by atoms with Gasteiger partial charge in [0, 0.05) is 5.69 Å². The van der Waals surface area contributed by atoms with Gasteiger partial charge < -0.3 is 4.90 Å². The zero-order valence-electron chi connectivity index (χ0n) is 20.1. The van der Waals surface area contributed by atoms with Gasteiger partial charge in [-0.05, 0) is 46.5 Å². The van der Waals surface area contributed by atoms with Crippen LogP contribution in [0.1, 0.15) is 22.3 Å². The molecule has 1 aliphatic heterocycles. The van der Waals surface area contributed by atoms with Crippen LogP contribution in [0, 0.1) is 0 Å². The highest BCUT2D eigenvalue weighted by atomic mass is 28.2. The summed E-state index contributed by atoms with van der Waals surface area (Å²) < 4.78 is 0. The third kappa shape index (κ3) is 4.72. The largest absolute Gasteiger partial charge is 0.309 e. The minimum absolute atomic E-state index is 0.407. The second-order valence-corrected chi connectivity index (χ2v) is 11.1. The average molecular weight is 478 g/mol. The standard InChI is InChI=1S/C34H27NSi/c1-2-10-31(11-3-1)36-32-24-18-27(19-25-32)15-14-26-16-22-30(23-17-26)35-33-12-6-4-8-28(33)20-21-29-9-5-7-13-34(29)35/h1-25H,36H2. The average Bonchev–Trinajstić information content (AvgIpc) is 3.11. The molecular weight excluding hydrogens is 450 g/mol. The van der Waals surface area contributed by atoms with E-state index in [0.29, 0.717) is 0 Å². The van der Waals surface area contributed by atoms with Gasteiger partial charge in [0.1, 0.15) is 0 Å². The van der Waals surface area contributed by atoms with E-state index >= 15 is 0 Å². The van der Waals surface area contributed by atoms with Crippen molar-refractivity contribution in [2.45, 2.75) is 0 Å². The van der Waals surface area contributed by atoms with Gasteiger partial charge in [-0.15, -0.1) is 0 Å². The third-order valence-electron chi connectivity index (χ3n) is 6.65. The van der Waals surface area contributed by atoms with E-state index in [0.717, 1.165) is 5.69 Å². The van der Waals surface area contributed by atoms with Crippen LogP contribution in [0.3, 0.4) is 0 Å². The van der Waals surface area contributed by atoms with E-state index in [-0.39, 0.29) is 0 Å². The highest BCUT2D eigenvalue weighted by Gasteiger charge is 2.19. The fraction of sp³-hybridized carbons (Fsp3) is 0. The summed E-state index contributed by atoms with van der Waals surface area (Å²) in [4.78, 5) is 2.35. The predicted molar refractivity (Wildman–Crippen MR) is 160 cm³/mol. The summed E-state index contributed by atoms with van der Waals surface area (Å²) >= 11 is 0. The summed E-state index contributed by atoms with van der Waals surface area (Å²) in [5.74, 6) is 0. The Morgan fingerprint density at radius 3 is 1.50 bits per heavy atom. The van der Waals surface area contributed by atoms with Crippen LogP contribution in [-0.4, -0.2) is 9.52 Å². The smallest absolute Gasteiger partial charge is 0.0875 e. The Hall–Kier alpha value is -4.40. The van der Waals surface area contributed by atoms with Gasteiger partial charge in [-0.1, -0.05) is 138 Å². The lowest BCUT2D eigenvalue weighted by Crippen LogP contribution is -2.26. The molecule has 0 bridgehead atoms. The summed E-state index contributed by atoms with van der Waals surface area (Å²) in [7, 11) is -0.407. The molecule has 1 heterocycles. The molecule has 0 unspecified atom stereocenters. The van der Waals surface area contributed by atoms with Crippen molar-refractivity contribution in [3.05, 3.63) is 150 Å². The molecule has 0 fully saturated rings. The van der Waals surface area contributed by atoms with Crippen LogP contribution in [0.25, 0.3) is 24.3 Å². The molecule has 2 heteroatoms. The van der Waals surface area contributed by atoms with Gasteiger partial charge in [0.2, 0.25) is 0 Å². The van der Waals surface area contributed by atoms with Crippen molar-refractivity contribution in [1.82, 2.24) is 0 Å². The van der Waals surface area contributed by atoms with Crippen molar-refractivity contribution in [2.24, 2.45) is 0 Å². The molecule has 0 amide bonds.